The van der Waals surface area contributed by atoms with E-state index in [1.165, 1.54) is 5.56 Å². The third kappa shape index (κ3) is 5.09. The summed E-state index contributed by atoms with van der Waals surface area (Å²) in [5.74, 6) is -0.174. The summed E-state index contributed by atoms with van der Waals surface area (Å²) in [6.45, 7) is 2.85. The summed E-state index contributed by atoms with van der Waals surface area (Å²) in [4.78, 5) is 15.5. The smallest absolute Gasteiger partial charge is 0.241 e. The van der Waals surface area contributed by atoms with Crippen LogP contribution in [0.2, 0.25) is 0 Å². The fourth-order valence-electron chi connectivity index (χ4n) is 4.20. The van der Waals surface area contributed by atoms with Gasteiger partial charge in [0.05, 0.1) is 4.90 Å². The molecule has 1 atom stereocenters. The summed E-state index contributed by atoms with van der Waals surface area (Å²) in [5.41, 5.74) is 4.10. The SMILES string of the molecule is Cc1ccccc1S(=O)(=O)N[C@H](CCc1ccccc1)C(=O)N1CCc2ccccc2C1. The maximum absolute atomic E-state index is 13.5. The van der Waals surface area contributed by atoms with Crippen LogP contribution in [0.3, 0.4) is 0 Å². The Morgan fingerprint density at radius 3 is 2.34 bits per heavy atom. The van der Waals surface area contributed by atoms with Crippen molar-refractivity contribution in [3.8, 4) is 0 Å². The molecule has 0 aliphatic carbocycles. The number of hydrogen-bond acceptors (Lipinski definition) is 3. The second kappa shape index (κ2) is 9.67. The molecule has 0 aromatic heterocycles. The average molecular weight is 449 g/mol. The molecule has 0 unspecified atom stereocenters. The molecular weight excluding hydrogens is 420 g/mol. The van der Waals surface area contributed by atoms with Crippen LogP contribution in [0.1, 0.15) is 28.7 Å². The Morgan fingerprint density at radius 2 is 1.59 bits per heavy atom. The standard InChI is InChI=1S/C26H28N2O3S/c1-20-9-5-8-14-25(20)32(30,31)27-24(16-15-21-10-3-2-4-11-21)26(29)28-18-17-22-12-6-7-13-23(22)19-28/h2-14,24,27H,15-19H2,1H3/t24-/m1/s1. The first-order valence-corrected chi connectivity index (χ1v) is 12.4. The Labute approximate surface area is 190 Å². The van der Waals surface area contributed by atoms with Gasteiger partial charge in [-0.2, -0.15) is 4.72 Å². The number of carbonyl (C=O) groups is 1. The minimum absolute atomic E-state index is 0.174. The predicted molar refractivity (Wildman–Crippen MR) is 126 cm³/mol. The predicted octanol–water partition coefficient (Wildman–Crippen LogP) is 3.86. The molecule has 0 fully saturated rings. The monoisotopic (exact) mass is 448 g/mol. The van der Waals surface area contributed by atoms with E-state index in [1.54, 1.807) is 36.1 Å². The van der Waals surface area contributed by atoms with Gasteiger partial charge in [0.1, 0.15) is 6.04 Å². The van der Waals surface area contributed by atoms with Gasteiger partial charge in [0, 0.05) is 13.1 Å². The van der Waals surface area contributed by atoms with Crippen molar-refractivity contribution in [1.82, 2.24) is 9.62 Å². The molecule has 1 aliphatic heterocycles. The molecule has 0 saturated carbocycles. The molecule has 166 valence electrons. The van der Waals surface area contributed by atoms with Crippen LogP contribution in [0, 0.1) is 6.92 Å². The molecule has 1 aliphatic rings. The second-order valence-electron chi connectivity index (χ2n) is 8.24. The van der Waals surface area contributed by atoms with E-state index in [-0.39, 0.29) is 10.8 Å². The van der Waals surface area contributed by atoms with Crippen LogP contribution in [0.4, 0.5) is 0 Å². The maximum atomic E-state index is 13.5. The minimum atomic E-state index is -3.84. The van der Waals surface area contributed by atoms with Crippen LogP contribution >= 0.6 is 0 Å². The molecule has 1 amide bonds. The third-order valence-corrected chi connectivity index (χ3v) is 7.62. The van der Waals surface area contributed by atoms with E-state index in [9.17, 15) is 13.2 Å². The Morgan fingerprint density at radius 1 is 0.938 bits per heavy atom. The van der Waals surface area contributed by atoms with Gasteiger partial charge >= 0.3 is 0 Å². The summed E-state index contributed by atoms with van der Waals surface area (Å²) in [6, 6.07) is 23.9. The van der Waals surface area contributed by atoms with Crippen LogP contribution < -0.4 is 4.72 Å². The topological polar surface area (TPSA) is 66.5 Å². The van der Waals surface area contributed by atoms with Crippen molar-refractivity contribution in [1.29, 1.82) is 0 Å². The van der Waals surface area contributed by atoms with Gasteiger partial charge in [-0.1, -0.05) is 72.8 Å². The second-order valence-corrected chi connectivity index (χ2v) is 9.92. The Bertz CT molecular complexity index is 1190. The summed E-state index contributed by atoms with van der Waals surface area (Å²) in [6.07, 6.45) is 1.78. The highest BCUT2D eigenvalue weighted by Crippen LogP contribution is 2.21. The van der Waals surface area contributed by atoms with E-state index in [0.29, 0.717) is 31.5 Å². The highest BCUT2D eigenvalue weighted by molar-refractivity contribution is 7.89. The molecule has 3 aromatic carbocycles. The van der Waals surface area contributed by atoms with Crippen LogP contribution in [-0.4, -0.2) is 31.8 Å². The van der Waals surface area contributed by atoms with E-state index in [1.807, 2.05) is 48.5 Å². The maximum Gasteiger partial charge on any atom is 0.241 e. The van der Waals surface area contributed by atoms with Gasteiger partial charge in [0.25, 0.3) is 0 Å². The summed E-state index contributed by atoms with van der Waals surface area (Å²) in [7, 11) is -3.84. The number of fused-ring (bicyclic) bond motifs is 1. The first-order chi connectivity index (χ1) is 15.4. The van der Waals surface area contributed by atoms with Crippen molar-refractivity contribution >= 4 is 15.9 Å². The number of benzene rings is 3. The average Bonchev–Trinajstić information content (AvgIpc) is 2.81. The molecule has 5 nitrogen and oxygen atoms in total. The first kappa shape index (κ1) is 22.2. The van der Waals surface area contributed by atoms with E-state index in [2.05, 4.69) is 10.8 Å². The van der Waals surface area contributed by atoms with E-state index >= 15 is 0 Å². The largest absolute Gasteiger partial charge is 0.337 e. The molecule has 0 bridgehead atoms. The molecular formula is C26H28N2O3S. The van der Waals surface area contributed by atoms with Crippen molar-refractivity contribution in [2.45, 2.75) is 43.7 Å². The number of nitrogens with one attached hydrogen (secondary N) is 1. The fraction of sp³-hybridized carbons (Fsp3) is 0.269. The number of sulfonamides is 1. The Hall–Kier alpha value is -2.96. The Balaban J connectivity index is 1.57. The number of hydrogen-bond donors (Lipinski definition) is 1. The van der Waals surface area contributed by atoms with Gasteiger partial charge in [0.15, 0.2) is 0 Å². The normalized spacial score (nSPS) is 14.6. The molecule has 0 saturated heterocycles. The number of nitrogens with zero attached hydrogens (tertiary/aromatic N) is 1. The lowest BCUT2D eigenvalue weighted by Gasteiger charge is -2.32. The highest BCUT2D eigenvalue weighted by Gasteiger charge is 2.31. The summed E-state index contributed by atoms with van der Waals surface area (Å²) in [5, 5.41) is 0. The number of rotatable bonds is 7. The Kier molecular flexibility index (Phi) is 6.72. The molecule has 1 N–H and O–H groups in total. The molecule has 0 radical (unpaired) electrons. The molecule has 32 heavy (non-hydrogen) atoms. The lowest BCUT2D eigenvalue weighted by molar-refractivity contribution is -0.134. The molecule has 4 rings (SSSR count). The fourth-order valence-corrected chi connectivity index (χ4v) is 5.67. The summed E-state index contributed by atoms with van der Waals surface area (Å²) < 4.78 is 29.1. The van der Waals surface area contributed by atoms with Crippen LogP contribution in [0.15, 0.2) is 83.8 Å². The van der Waals surface area contributed by atoms with Gasteiger partial charge in [-0.25, -0.2) is 8.42 Å². The zero-order valence-electron chi connectivity index (χ0n) is 18.2. The summed E-state index contributed by atoms with van der Waals surface area (Å²) >= 11 is 0. The molecule has 6 heteroatoms. The van der Waals surface area contributed by atoms with E-state index in [4.69, 9.17) is 0 Å². The van der Waals surface area contributed by atoms with E-state index in [0.717, 1.165) is 17.5 Å². The quantitative estimate of drug-likeness (QED) is 0.597. The molecule has 1 heterocycles. The third-order valence-electron chi connectivity index (χ3n) is 5.99. The van der Waals surface area contributed by atoms with Gasteiger partial charge < -0.3 is 4.90 Å². The van der Waals surface area contributed by atoms with Gasteiger partial charge in [0.2, 0.25) is 15.9 Å². The van der Waals surface area contributed by atoms with Crippen LogP contribution in [-0.2, 0) is 34.2 Å². The first-order valence-electron chi connectivity index (χ1n) is 10.9. The van der Waals surface area contributed by atoms with Crippen molar-refractivity contribution < 1.29 is 13.2 Å². The zero-order chi connectivity index (χ0) is 22.6. The van der Waals surface area contributed by atoms with Gasteiger partial charge in [-0.3, -0.25) is 4.79 Å². The number of aryl methyl sites for hydroxylation is 2. The lowest BCUT2D eigenvalue weighted by Crippen LogP contribution is -2.50. The number of amides is 1. The highest BCUT2D eigenvalue weighted by atomic mass is 32.2. The number of carbonyl (C=O) groups excluding carboxylic acids is 1. The van der Waals surface area contributed by atoms with Crippen LogP contribution in [0.25, 0.3) is 0 Å². The van der Waals surface area contributed by atoms with Crippen molar-refractivity contribution in [3.05, 3.63) is 101 Å². The lowest BCUT2D eigenvalue weighted by atomic mass is 9.98. The van der Waals surface area contributed by atoms with Gasteiger partial charge in [-0.05, 0) is 54.5 Å². The van der Waals surface area contributed by atoms with Gasteiger partial charge in [-0.15, -0.1) is 0 Å². The minimum Gasteiger partial charge on any atom is -0.337 e. The van der Waals surface area contributed by atoms with Crippen molar-refractivity contribution in [2.24, 2.45) is 0 Å². The van der Waals surface area contributed by atoms with Crippen molar-refractivity contribution in [2.75, 3.05) is 6.54 Å². The van der Waals surface area contributed by atoms with Crippen LogP contribution in [0.5, 0.6) is 0 Å². The van der Waals surface area contributed by atoms with E-state index < -0.39 is 16.1 Å². The van der Waals surface area contributed by atoms with Crippen molar-refractivity contribution in [3.63, 3.8) is 0 Å². The molecule has 3 aromatic rings. The zero-order valence-corrected chi connectivity index (χ0v) is 19.0. The molecule has 0 spiro atoms.